The fraction of sp³-hybridized carbons (Fsp3) is 0.318. The van der Waals surface area contributed by atoms with Crippen LogP contribution >= 0.6 is 0 Å². The molecule has 1 aromatic carbocycles. The van der Waals surface area contributed by atoms with E-state index in [1.54, 1.807) is 31.6 Å². The molecular formula is C22H24N4O3. The average molecular weight is 392 g/mol. The van der Waals surface area contributed by atoms with Crippen LogP contribution < -0.4 is 10.3 Å². The summed E-state index contributed by atoms with van der Waals surface area (Å²) in [6.07, 6.45) is 5.36. The lowest BCUT2D eigenvalue weighted by molar-refractivity contribution is 0.196. The van der Waals surface area contributed by atoms with Crippen LogP contribution in [0.3, 0.4) is 0 Å². The van der Waals surface area contributed by atoms with Crippen LogP contribution in [0.15, 0.2) is 53.6 Å². The first kappa shape index (κ1) is 19.1. The summed E-state index contributed by atoms with van der Waals surface area (Å²) < 4.78 is 5.21. The molecule has 150 valence electrons. The van der Waals surface area contributed by atoms with E-state index in [0.717, 1.165) is 42.8 Å². The van der Waals surface area contributed by atoms with Crippen molar-refractivity contribution in [3.63, 3.8) is 0 Å². The van der Waals surface area contributed by atoms with E-state index >= 15 is 0 Å². The SMILES string of the molecule is COc1cccc(CN2CCCC(c3cc(=O)[nH]c(-c4ccncc4)n3)C2)c1O. The van der Waals surface area contributed by atoms with Crippen molar-refractivity contribution < 1.29 is 9.84 Å². The Kier molecular flexibility index (Phi) is 5.57. The number of aromatic amines is 1. The first-order chi connectivity index (χ1) is 14.1. The Hall–Kier alpha value is -3.19. The molecule has 1 fully saturated rings. The van der Waals surface area contributed by atoms with Gasteiger partial charge in [-0.15, -0.1) is 0 Å². The van der Waals surface area contributed by atoms with E-state index in [2.05, 4.69) is 14.9 Å². The number of methoxy groups -OCH3 is 1. The summed E-state index contributed by atoms with van der Waals surface area (Å²) in [5.41, 5.74) is 2.33. The van der Waals surface area contributed by atoms with E-state index in [1.165, 1.54) is 0 Å². The van der Waals surface area contributed by atoms with Gasteiger partial charge in [0.1, 0.15) is 5.82 Å². The second kappa shape index (κ2) is 8.45. The normalized spacial score (nSPS) is 17.2. The molecule has 3 aromatic rings. The first-order valence-electron chi connectivity index (χ1n) is 9.73. The number of pyridine rings is 1. The Morgan fingerprint density at radius 2 is 2.10 bits per heavy atom. The molecule has 2 aromatic heterocycles. The smallest absolute Gasteiger partial charge is 0.251 e. The minimum absolute atomic E-state index is 0.149. The zero-order valence-corrected chi connectivity index (χ0v) is 16.3. The van der Waals surface area contributed by atoms with E-state index < -0.39 is 0 Å². The monoisotopic (exact) mass is 392 g/mol. The zero-order chi connectivity index (χ0) is 20.2. The van der Waals surface area contributed by atoms with Crippen molar-refractivity contribution in [3.8, 4) is 22.9 Å². The van der Waals surface area contributed by atoms with Gasteiger partial charge in [-0.05, 0) is 37.6 Å². The van der Waals surface area contributed by atoms with Crippen LogP contribution in [0.25, 0.3) is 11.4 Å². The molecule has 0 aliphatic carbocycles. The first-order valence-corrected chi connectivity index (χ1v) is 9.73. The summed E-state index contributed by atoms with van der Waals surface area (Å²) in [4.78, 5) is 26.1. The molecule has 1 saturated heterocycles. The lowest BCUT2D eigenvalue weighted by Crippen LogP contribution is -2.34. The van der Waals surface area contributed by atoms with Gasteiger partial charge in [-0.1, -0.05) is 12.1 Å². The van der Waals surface area contributed by atoms with Gasteiger partial charge in [0, 0.05) is 48.6 Å². The van der Waals surface area contributed by atoms with Crippen molar-refractivity contribution in [2.45, 2.75) is 25.3 Å². The molecule has 29 heavy (non-hydrogen) atoms. The number of benzene rings is 1. The van der Waals surface area contributed by atoms with Crippen LogP contribution in [-0.2, 0) is 6.54 Å². The number of hydrogen-bond donors (Lipinski definition) is 2. The third-order valence-corrected chi connectivity index (χ3v) is 5.34. The summed E-state index contributed by atoms with van der Waals surface area (Å²) in [5.74, 6) is 1.40. The number of piperidine rings is 1. The summed E-state index contributed by atoms with van der Waals surface area (Å²) in [5, 5.41) is 10.4. The fourth-order valence-electron chi connectivity index (χ4n) is 3.87. The van der Waals surface area contributed by atoms with Gasteiger partial charge in [0.05, 0.1) is 12.8 Å². The largest absolute Gasteiger partial charge is 0.504 e. The number of hydrogen-bond acceptors (Lipinski definition) is 6. The van der Waals surface area contributed by atoms with Gasteiger partial charge in [-0.2, -0.15) is 0 Å². The molecule has 4 rings (SSSR count). The fourth-order valence-corrected chi connectivity index (χ4v) is 3.87. The van der Waals surface area contributed by atoms with Crippen molar-refractivity contribution in [1.29, 1.82) is 0 Å². The third kappa shape index (κ3) is 4.30. The number of phenolic OH excluding ortho intramolecular Hbond substituents is 1. The number of aromatic hydroxyl groups is 1. The highest BCUT2D eigenvalue weighted by Gasteiger charge is 2.24. The number of rotatable bonds is 5. The van der Waals surface area contributed by atoms with E-state index in [9.17, 15) is 9.90 Å². The number of H-pyrrole nitrogens is 1. The molecule has 7 heteroatoms. The van der Waals surface area contributed by atoms with Crippen molar-refractivity contribution in [2.75, 3.05) is 20.2 Å². The van der Waals surface area contributed by atoms with Crippen LogP contribution in [0.4, 0.5) is 0 Å². The molecule has 1 aliphatic heterocycles. The zero-order valence-electron chi connectivity index (χ0n) is 16.3. The molecule has 0 spiro atoms. The lowest BCUT2D eigenvalue weighted by atomic mass is 9.94. The summed E-state index contributed by atoms with van der Waals surface area (Å²) in [6, 6.07) is 10.8. The van der Waals surface area contributed by atoms with E-state index in [4.69, 9.17) is 9.72 Å². The molecular weight excluding hydrogens is 368 g/mol. The Labute approximate surface area is 169 Å². The summed E-state index contributed by atoms with van der Waals surface area (Å²) in [7, 11) is 1.55. The molecule has 3 heterocycles. The van der Waals surface area contributed by atoms with Crippen LogP contribution in [-0.4, -0.2) is 45.2 Å². The number of para-hydroxylation sites is 1. The predicted molar refractivity (Wildman–Crippen MR) is 110 cm³/mol. The molecule has 1 aliphatic rings. The van der Waals surface area contributed by atoms with Crippen molar-refractivity contribution in [3.05, 3.63) is 70.4 Å². The van der Waals surface area contributed by atoms with E-state index in [-0.39, 0.29) is 17.2 Å². The second-order valence-electron chi connectivity index (χ2n) is 7.30. The quantitative estimate of drug-likeness (QED) is 0.694. The highest BCUT2D eigenvalue weighted by Crippen LogP contribution is 2.32. The van der Waals surface area contributed by atoms with Gasteiger partial charge in [0.15, 0.2) is 11.5 Å². The van der Waals surface area contributed by atoms with Gasteiger partial charge >= 0.3 is 0 Å². The minimum Gasteiger partial charge on any atom is -0.504 e. The Balaban J connectivity index is 1.55. The van der Waals surface area contributed by atoms with Gasteiger partial charge < -0.3 is 14.8 Å². The maximum absolute atomic E-state index is 12.2. The van der Waals surface area contributed by atoms with E-state index in [0.29, 0.717) is 18.1 Å². The highest BCUT2D eigenvalue weighted by molar-refractivity contribution is 5.53. The van der Waals surface area contributed by atoms with Gasteiger partial charge in [-0.3, -0.25) is 14.7 Å². The lowest BCUT2D eigenvalue weighted by Gasteiger charge is -2.32. The average Bonchev–Trinajstić information content (AvgIpc) is 2.76. The highest BCUT2D eigenvalue weighted by atomic mass is 16.5. The molecule has 7 nitrogen and oxygen atoms in total. The number of aromatic nitrogens is 3. The maximum Gasteiger partial charge on any atom is 0.251 e. The van der Waals surface area contributed by atoms with Crippen molar-refractivity contribution in [1.82, 2.24) is 19.9 Å². The number of nitrogens with zero attached hydrogens (tertiary/aromatic N) is 3. The molecule has 2 N–H and O–H groups in total. The molecule has 0 radical (unpaired) electrons. The Morgan fingerprint density at radius 3 is 2.90 bits per heavy atom. The maximum atomic E-state index is 12.2. The molecule has 0 saturated carbocycles. The molecule has 1 atom stereocenters. The van der Waals surface area contributed by atoms with E-state index in [1.807, 2.05) is 24.3 Å². The molecule has 0 bridgehead atoms. The topological polar surface area (TPSA) is 91.3 Å². The Morgan fingerprint density at radius 1 is 1.28 bits per heavy atom. The number of nitrogens with one attached hydrogen (secondary N) is 1. The van der Waals surface area contributed by atoms with Crippen LogP contribution in [0.5, 0.6) is 11.5 Å². The third-order valence-electron chi connectivity index (χ3n) is 5.34. The standard InChI is InChI=1S/C22H24N4O3/c1-29-19-6-2-4-17(21(19)28)14-26-11-3-5-16(13-26)18-12-20(27)25-22(24-18)15-7-9-23-10-8-15/h2,4,6-10,12,16,28H,3,5,11,13-14H2,1H3,(H,24,25,27). The van der Waals surface area contributed by atoms with Crippen LogP contribution in [0, 0.1) is 0 Å². The number of phenols is 1. The summed E-state index contributed by atoms with van der Waals surface area (Å²) >= 11 is 0. The van der Waals surface area contributed by atoms with Crippen molar-refractivity contribution >= 4 is 0 Å². The second-order valence-corrected chi connectivity index (χ2v) is 7.30. The Bertz CT molecular complexity index is 1040. The minimum atomic E-state index is -0.149. The van der Waals surface area contributed by atoms with Crippen molar-refractivity contribution in [2.24, 2.45) is 0 Å². The molecule has 1 unspecified atom stereocenters. The predicted octanol–water partition coefficient (Wildman–Crippen LogP) is 2.93. The van der Waals surface area contributed by atoms with Gasteiger partial charge in [-0.25, -0.2) is 4.98 Å². The van der Waals surface area contributed by atoms with Crippen LogP contribution in [0.1, 0.15) is 30.0 Å². The van der Waals surface area contributed by atoms with Gasteiger partial charge in [0.2, 0.25) is 0 Å². The van der Waals surface area contributed by atoms with Crippen LogP contribution in [0.2, 0.25) is 0 Å². The number of likely N-dealkylation sites (tertiary alicyclic amines) is 1. The molecule has 0 amide bonds. The van der Waals surface area contributed by atoms with Gasteiger partial charge in [0.25, 0.3) is 5.56 Å². The summed E-state index contributed by atoms with van der Waals surface area (Å²) in [6.45, 7) is 2.34. The number of ether oxygens (including phenoxy) is 1.